The van der Waals surface area contributed by atoms with Gasteiger partial charge in [0.2, 0.25) is 0 Å². The third-order valence-corrected chi connectivity index (χ3v) is 4.65. The van der Waals surface area contributed by atoms with Crippen LogP contribution in [-0.4, -0.2) is 17.4 Å². The van der Waals surface area contributed by atoms with Crippen molar-refractivity contribution in [1.82, 2.24) is 4.98 Å². The smallest absolute Gasteiger partial charge is 0.387 e. The van der Waals surface area contributed by atoms with Gasteiger partial charge in [-0.3, -0.25) is 4.79 Å². The molecule has 0 spiro atoms. The van der Waals surface area contributed by atoms with Crippen LogP contribution in [0.25, 0.3) is 16.6 Å². The van der Waals surface area contributed by atoms with Gasteiger partial charge in [0.1, 0.15) is 10.8 Å². The summed E-state index contributed by atoms with van der Waals surface area (Å²) in [7, 11) is 0. The Morgan fingerprint density at radius 3 is 2.62 bits per heavy atom. The zero-order valence-corrected chi connectivity index (χ0v) is 13.8. The first-order valence-corrected chi connectivity index (χ1v) is 8.69. The van der Waals surface area contributed by atoms with E-state index in [1.165, 1.54) is 41.7 Å². The van der Waals surface area contributed by atoms with Gasteiger partial charge in [0.25, 0.3) is 0 Å². The lowest BCUT2D eigenvalue weighted by Crippen LogP contribution is -2.02. The molecule has 0 aliphatic heterocycles. The molecule has 0 amide bonds. The Bertz CT molecular complexity index is 840. The topological polar surface area (TPSA) is 39.2 Å². The van der Waals surface area contributed by atoms with E-state index >= 15 is 0 Å². The molecule has 7 heteroatoms. The number of benzene rings is 1. The molecule has 3 aromatic rings. The molecule has 0 saturated carbocycles. The highest BCUT2D eigenvalue weighted by Gasteiger charge is 2.07. The molecule has 3 rings (SSSR count). The van der Waals surface area contributed by atoms with E-state index in [1.54, 1.807) is 17.4 Å². The lowest BCUT2D eigenvalue weighted by atomic mass is 10.1. The summed E-state index contributed by atoms with van der Waals surface area (Å²) in [5.74, 6) is -0.214. The maximum atomic E-state index is 12.1. The van der Waals surface area contributed by atoms with Gasteiger partial charge in [0.15, 0.2) is 5.78 Å². The molecule has 0 aliphatic rings. The van der Waals surface area contributed by atoms with E-state index in [1.807, 2.05) is 22.2 Å². The van der Waals surface area contributed by atoms with Gasteiger partial charge >= 0.3 is 6.61 Å². The number of alkyl halides is 2. The molecular weight excluding hydrogens is 352 g/mol. The predicted octanol–water partition coefficient (Wildman–Crippen LogP) is 5.37. The number of thiophene rings is 1. The van der Waals surface area contributed by atoms with E-state index in [-0.39, 0.29) is 11.5 Å². The Hall–Kier alpha value is -2.38. The zero-order chi connectivity index (χ0) is 16.9. The van der Waals surface area contributed by atoms with E-state index in [9.17, 15) is 13.6 Å². The molecule has 0 bridgehead atoms. The first-order valence-electron chi connectivity index (χ1n) is 6.87. The number of carbonyl (C=O) groups excluding carboxylic acids is 1. The summed E-state index contributed by atoms with van der Waals surface area (Å²) in [6, 6.07) is 7.56. The molecule has 0 saturated heterocycles. The van der Waals surface area contributed by atoms with Crippen LogP contribution in [0.5, 0.6) is 5.75 Å². The van der Waals surface area contributed by atoms with Crippen LogP contribution >= 0.6 is 22.7 Å². The SMILES string of the molecule is O=C(/C=C/c1csc(-c2ccsc2)n1)c1ccc(OC(F)F)cc1. The van der Waals surface area contributed by atoms with E-state index in [4.69, 9.17) is 0 Å². The largest absolute Gasteiger partial charge is 0.435 e. The van der Waals surface area contributed by atoms with Gasteiger partial charge in [-0.1, -0.05) is 0 Å². The summed E-state index contributed by atoms with van der Waals surface area (Å²) in [6.07, 6.45) is 3.05. The van der Waals surface area contributed by atoms with Crippen LogP contribution in [0.1, 0.15) is 16.1 Å². The lowest BCUT2D eigenvalue weighted by molar-refractivity contribution is -0.0498. The minimum atomic E-state index is -2.88. The molecule has 3 nitrogen and oxygen atoms in total. The fraction of sp³-hybridized carbons (Fsp3) is 0.0588. The Balaban J connectivity index is 1.67. The van der Waals surface area contributed by atoms with Gasteiger partial charge in [-0.2, -0.15) is 20.1 Å². The minimum Gasteiger partial charge on any atom is -0.435 e. The van der Waals surface area contributed by atoms with E-state index in [2.05, 4.69) is 9.72 Å². The normalized spacial score (nSPS) is 11.3. The third-order valence-electron chi connectivity index (χ3n) is 3.06. The molecule has 122 valence electrons. The lowest BCUT2D eigenvalue weighted by Gasteiger charge is -2.04. The summed E-state index contributed by atoms with van der Waals surface area (Å²) < 4.78 is 28.4. The van der Waals surface area contributed by atoms with Crippen molar-refractivity contribution in [2.45, 2.75) is 6.61 Å². The Labute approximate surface area is 144 Å². The van der Waals surface area contributed by atoms with Crippen LogP contribution in [0.3, 0.4) is 0 Å². The van der Waals surface area contributed by atoms with Crippen molar-refractivity contribution in [3.63, 3.8) is 0 Å². The second kappa shape index (κ2) is 7.46. The van der Waals surface area contributed by atoms with Crippen LogP contribution < -0.4 is 4.74 Å². The standard InChI is InChI=1S/C17H11F2NO2S2/c18-17(19)22-14-4-1-11(2-5-14)15(21)6-3-13-10-24-16(20-13)12-7-8-23-9-12/h1-10,17H/b6-3+. The number of thiazole rings is 1. The second-order valence-corrected chi connectivity index (χ2v) is 6.33. The van der Waals surface area contributed by atoms with Crippen LogP contribution in [0.2, 0.25) is 0 Å². The first-order chi connectivity index (χ1) is 11.6. The summed E-state index contributed by atoms with van der Waals surface area (Å²) in [6.45, 7) is -2.88. The molecular formula is C17H11F2NO2S2. The summed E-state index contributed by atoms with van der Waals surface area (Å²) >= 11 is 3.11. The summed E-state index contributed by atoms with van der Waals surface area (Å²) in [5.41, 5.74) is 2.15. The highest BCUT2D eigenvalue weighted by atomic mass is 32.1. The molecule has 0 unspecified atom stereocenters. The average molecular weight is 363 g/mol. The molecule has 0 N–H and O–H groups in total. The van der Waals surface area contributed by atoms with Gasteiger partial charge in [0.05, 0.1) is 5.69 Å². The van der Waals surface area contributed by atoms with Crippen molar-refractivity contribution in [1.29, 1.82) is 0 Å². The minimum absolute atomic E-state index is 0.0189. The van der Waals surface area contributed by atoms with E-state index < -0.39 is 6.61 Å². The predicted molar refractivity (Wildman–Crippen MR) is 91.9 cm³/mol. The van der Waals surface area contributed by atoms with Crippen LogP contribution in [0, 0.1) is 0 Å². The molecule has 0 atom stereocenters. The Kier molecular flexibility index (Phi) is 5.12. The molecule has 2 aromatic heterocycles. The van der Waals surface area contributed by atoms with Crippen LogP contribution in [-0.2, 0) is 0 Å². The second-order valence-electron chi connectivity index (χ2n) is 4.69. The number of aromatic nitrogens is 1. The highest BCUT2D eigenvalue weighted by molar-refractivity contribution is 7.14. The number of hydrogen-bond acceptors (Lipinski definition) is 5. The maximum absolute atomic E-state index is 12.1. The number of rotatable bonds is 6. The Morgan fingerprint density at radius 2 is 1.96 bits per heavy atom. The summed E-state index contributed by atoms with van der Waals surface area (Å²) in [4.78, 5) is 16.5. The number of ether oxygens (including phenoxy) is 1. The van der Waals surface area contributed by atoms with Gasteiger partial charge in [-0.05, 0) is 47.9 Å². The fourth-order valence-electron chi connectivity index (χ4n) is 1.94. The third kappa shape index (κ3) is 4.12. The van der Waals surface area contributed by atoms with Crippen molar-refractivity contribution >= 4 is 34.5 Å². The van der Waals surface area contributed by atoms with Crippen molar-refractivity contribution in [2.24, 2.45) is 0 Å². The first kappa shape index (κ1) is 16.5. The van der Waals surface area contributed by atoms with Gasteiger partial charge in [-0.25, -0.2) is 4.98 Å². The Morgan fingerprint density at radius 1 is 1.17 bits per heavy atom. The van der Waals surface area contributed by atoms with Crippen LogP contribution in [0.15, 0.2) is 52.5 Å². The molecule has 0 aliphatic carbocycles. The molecule has 0 radical (unpaired) electrons. The number of nitrogens with zero attached hydrogens (tertiary/aromatic N) is 1. The van der Waals surface area contributed by atoms with Crippen molar-refractivity contribution in [3.8, 4) is 16.3 Å². The van der Waals surface area contributed by atoms with Crippen molar-refractivity contribution in [3.05, 3.63) is 63.8 Å². The maximum Gasteiger partial charge on any atom is 0.387 e. The number of hydrogen-bond donors (Lipinski definition) is 0. The number of halogens is 2. The van der Waals surface area contributed by atoms with Gasteiger partial charge < -0.3 is 4.74 Å². The zero-order valence-electron chi connectivity index (χ0n) is 12.2. The number of carbonyl (C=O) groups is 1. The average Bonchev–Trinajstić information content (AvgIpc) is 3.24. The van der Waals surface area contributed by atoms with E-state index in [0.29, 0.717) is 11.3 Å². The molecule has 2 heterocycles. The van der Waals surface area contributed by atoms with Gasteiger partial charge in [-0.15, -0.1) is 11.3 Å². The number of ketones is 1. The van der Waals surface area contributed by atoms with E-state index in [0.717, 1.165) is 10.6 Å². The van der Waals surface area contributed by atoms with Crippen molar-refractivity contribution < 1.29 is 18.3 Å². The van der Waals surface area contributed by atoms with Gasteiger partial charge in [0, 0.05) is 21.9 Å². The van der Waals surface area contributed by atoms with Crippen LogP contribution in [0.4, 0.5) is 8.78 Å². The molecule has 0 fully saturated rings. The molecule has 1 aromatic carbocycles. The molecule has 24 heavy (non-hydrogen) atoms. The number of allylic oxidation sites excluding steroid dienone is 1. The monoisotopic (exact) mass is 363 g/mol. The fourth-order valence-corrected chi connectivity index (χ4v) is 3.44. The summed E-state index contributed by atoms with van der Waals surface area (Å²) in [5, 5.41) is 6.77. The van der Waals surface area contributed by atoms with Crippen molar-refractivity contribution in [2.75, 3.05) is 0 Å². The highest BCUT2D eigenvalue weighted by Crippen LogP contribution is 2.26. The quantitative estimate of drug-likeness (QED) is 0.437.